The number of aliphatic carboxylic acids is 1. The summed E-state index contributed by atoms with van der Waals surface area (Å²) < 4.78 is 18.9. The van der Waals surface area contributed by atoms with Crippen LogP contribution in [0.25, 0.3) is 0 Å². The summed E-state index contributed by atoms with van der Waals surface area (Å²) >= 11 is 5.71. The smallest absolute Gasteiger partial charge is 0.317 e. The average Bonchev–Trinajstić information content (AvgIpc) is 1.99. The van der Waals surface area contributed by atoms with E-state index in [1.807, 2.05) is 0 Å². The van der Waals surface area contributed by atoms with Gasteiger partial charge in [-0.1, -0.05) is 23.7 Å². The van der Waals surface area contributed by atoms with Crippen molar-refractivity contribution in [1.82, 2.24) is 0 Å². The summed E-state index contributed by atoms with van der Waals surface area (Å²) in [6, 6.07) is 6.58. The molecule has 1 rings (SSSR count). The molecule has 0 heterocycles. The average molecular weight is 248 g/mol. The van der Waals surface area contributed by atoms with Crippen LogP contribution in [-0.4, -0.2) is 21.0 Å². The summed E-state index contributed by atoms with van der Waals surface area (Å²) in [5.74, 6) is -1.95. The number of carboxylic acid groups (broad SMARTS) is 1. The lowest BCUT2D eigenvalue weighted by Gasteiger charge is -2.04. The molecule has 0 saturated heterocycles. The van der Waals surface area contributed by atoms with Gasteiger partial charge in [0, 0.05) is 5.02 Å². The van der Waals surface area contributed by atoms with Crippen molar-refractivity contribution in [2.24, 2.45) is 0 Å². The van der Waals surface area contributed by atoms with E-state index in [0.717, 1.165) is 0 Å². The Balaban J connectivity index is 2.82. The van der Waals surface area contributed by atoms with Crippen molar-refractivity contribution in [1.29, 1.82) is 4.78 Å². The van der Waals surface area contributed by atoms with Crippen LogP contribution in [0.15, 0.2) is 24.3 Å². The predicted octanol–water partition coefficient (Wildman–Crippen LogP) is 1.97. The Morgan fingerprint density at radius 1 is 1.53 bits per heavy atom. The molecule has 15 heavy (non-hydrogen) atoms. The van der Waals surface area contributed by atoms with E-state index in [4.69, 9.17) is 21.5 Å². The van der Waals surface area contributed by atoms with Crippen molar-refractivity contribution < 1.29 is 14.1 Å². The Morgan fingerprint density at radius 3 is 2.73 bits per heavy atom. The van der Waals surface area contributed by atoms with Gasteiger partial charge in [0.1, 0.15) is 5.75 Å². The minimum absolute atomic E-state index is 0.0835. The summed E-state index contributed by atoms with van der Waals surface area (Å²) in [7, 11) is -3.11. The molecule has 0 aliphatic rings. The maximum Gasteiger partial charge on any atom is 0.317 e. The first kappa shape index (κ1) is 12.0. The van der Waals surface area contributed by atoms with Gasteiger partial charge >= 0.3 is 5.97 Å². The highest BCUT2D eigenvalue weighted by atomic mass is 35.5. The van der Waals surface area contributed by atoms with Crippen molar-refractivity contribution in [2.45, 2.75) is 5.75 Å². The van der Waals surface area contributed by atoms with Crippen LogP contribution in [0, 0.1) is 4.78 Å². The SMILES string of the molecule is N=S(=O)(CC(=O)O)Cc1cccc(Cl)c1. The van der Waals surface area contributed by atoms with Gasteiger partial charge in [-0.25, -0.2) is 4.21 Å². The van der Waals surface area contributed by atoms with Gasteiger partial charge in [0.15, 0.2) is 0 Å². The molecule has 0 aromatic heterocycles. The first-order valence-corrected chi connectivity index (χ1v) is 6.37. The second kappa shape index (κ2) is 4.63. The Labute approximate surface area is 92.9 Å². The van der Waals surface area contributed by atoms with Crippen LogP contribution in [0.4, 0.5) is 0 Å². The Kier molecular flexibility index (Phi) is 3.71. The maximum atomic E-state index is 11.5. The fourth-order valence-electron chi connectivity index (χ4n) is 1.15. The van der Waals surface area contributed by atoms with E-state index in [9.17, 15) is 9.00 Å². The van der Waals surface area contributed by atoms with Crippen molar-refractivity contribution in [3.63, 3.8) is 0 Å². The predicted molar refractivity (Wildman–Crippen MR) is 58.5 cm³/mol. The fraction of sp³-hybridized carbons (Fsp3) is 0.222. The van der Waals surface area contributed by atoms with Gasteiger partial charge in [-0.15, -0.1) is 0 Å². The number of carboxylic acids is 1. The number of rotatable bonds is 4. The Hall–Kier alpha value is -1.07. The molecular formula is C9H10ClNO3S. The zero-order chi connectivity index (χ0) is 11.5. The minimum atomic E-state index is -3.11. The van der Waals surface area contributed by atoms with Crippen LogP contribution >= 0.6 is 11.6 Å². The van der Waals surface area contributed by atoms with Gasteiger partial charge in [0.25, 0.3) is 0 Å². The topological polar surface area (TPSA) is 78.2 Å². The van der Waals surface area contributed by atoms with Gasteiger partial charge < -0.3 is 5.11 Å². The van der Waals surface area contributed by atoms with E-state index in [1.165, 1.54) is 0 Å². The summed E-state index contributed by atoms with van der Waals surface area (Å²) in [4.78, 5) is 10.3. The standard InChI is InChI=1S/C9H10ClNO3S/c10-8-3-1-2-7(4-8)5-15(11,14)6-9(12)13/h1-4,11H,5-6H2,(H,12,13). The lowest BCUT2D eigenvalue weighted by molar-refractivity contribution is -0.134. The summed E-state index contributed by atoms with van der Waals surface area (Å²) in [6.45, 7) is 0. The Bertz CT molecular complexity index is 470. The second-order valence-corrected chi connectivity index (χ2v) is 5.76. The third kappa shape index (κ3) is 4.31. The number of hydrogen-bond donors (Lipinski definition) is 2. The van der Waals surface area contributed by atoms with Crippen LogP contribution in [0.5, 0.6) is 0 Å². The molecule has 0 spiro atoms. The summed E-state index contributed by atoms with van der Waals surface area (Å²) in [5.41, 5.74) is 0.615. The van der Waals surface area contributed by atoms with Crippen LogP contribution in [-0.2, 0) is 20.3 Å². The number of halogens is 1. The lowest BCUT2D eigenvalue weighted by Crippen LogP contribution is -2.15. The van der Waals surface area contributed by atoms with Crippen LogP contribution in [0.3, 0.4) is 0 Å². The molecule has 1 aromatic carbocycles. The molecule has 0 aliphatic carbocycles. The fourth-order valence-corrected chi connectivity index (χ4v) is 2.58. The van der Waals surface area contributed by atoms with Gasteiger partial charge in [-0.2, -0.15) is 0 Å². The number of nitrogens with one attached hydrogen (secondary N) is 1. The molecule has 1 aromatic rings. The van der Waals surface area contributed by atoms with E-state index >= 15 is 0 Å². The molecule has 2 N–H and O–H groups in total. The summed E-state index contributed by atoms with van der Waals surface area (Å²) in [6.07, 6.45) is 0. The molecule has 1 atom stereocenters. The maximum absolute atomic E-state index is 11.5. The summed E-state index contributed by atoms with van der Waals surface area (Å²) in [5, 5.41) is 8.94. The van der Waals surface area contributed by atoms with Crippen LogP contribution in [0.2, 0.25) is 5.02 Å². The van der Waals surface area contributed by atoms with Gasteiger partial charge in [-0.3, -0.25) is 9.57 Å². The van der Waals surface area contributed by atoms with Crippen molar-refractivity contribution in [3.8, 4) is 0 Å². The largest absolute Gasteiger partial charge is 0.481 e. The molecule has 82 valence electrons. The van der Waals surface area contributed by atoms with E-state index in [-0.39, 0.29) is 5.75 Å². The number of benzene rings is 1. The molecule has 0 bridgehead atoms. The number of hydrogen-bond acceptors (Lipinski definition) is 3. The van der Waals surface area contributed by atoms with Gasteiger partial charge in [-0.05, 0) is 17.7 Å². The Morgan fingerprint density at radius 2 is 2.20 bits per heavy atom. The van der Waals surface area contributed by atoms with E-state index in [0.29, 0.717) is 10.6 Å². The third-order valence-corrected chi connectivity index (χ3v) is 3.39. The third-order valence-electron chi connectivity index (χ3n) is 1.65. The van der Waals surface area contributed by atoms with Gasteiger partial charge in [0.2, 0.25) is 0 Å². The molecule has 0 amide bonds. The molecule has 4 nitrogen and oxygen atoms in total. The van der Waals surface area contributed by atoms with Crippen molar-refractivity contribution >= 4 is 27.3 Å². The minimum Gasteiger partial charge on any atom is -0.481 e. The molecule has 1 unspecified atom stereocenters. The zero-order valence-corrected chi connectivity index (χ0v) is 9.35. The van der Waals surface area contributed by atoms with Gasteiger partial charge in [0.05, 0.1) is 15.5 Å². The van der Waals surface area contributed by atoms with Crippen LogP contribution in [0.1, 0.15) is 5.56 Å². The van der Waals surface area contributed by atoms with Crippen molar-refractivity contribution in [2.75, 3.05) is 5.75 Å². The lowest BCUT2D eigenvalue weighted by atomic mass is 10.2. The number of carbonyl (C=O) groups is 1. The molecule has 0 saturated carbocycles. The highest BCUT2D eigenvalue weighted by Gasteiger charge is 2.12. The van der Waals surface area contributed by atoms with Crippen LogP contribution < -0.4 is 0 Å². The first-order chi connectivity index (χ1) is 6.89. The first-order valence-electron chi connectivity index (χ1n) is 4.09. The molecule has 0 radical (unpaired) electrons. The monoisotopic (exact) mass is 247 g/mol. The van der Waals surface area contributed by atoms with E-state index in [1.54, 1.807) is 24.3 Å². The highest BCUT2D eigenvalue weighted by molar-refractivity contribution is 7.92. The highest BCUT2D eigenvalue weighted by Crippen LogP contribution is 2.13. The van der Waals surface area contributed by atoms with E-state index < -0.39 is 21.5 Å². The molecule has 6 heteroatoms. The zero-order valence-electron chi connectivity index (χ0n) is 7.77. The van der Waals surface area contributed by atoms with E-state index in [2.05, 4.69) is 0 Å². The normalized spacial score (nSPS) is 14.5. The van der Waals surface area contributed by atoms with Crippen molar-refractivity contribution in [3.05, 3.63) is 34.9 Å². The quantitative estimate of drug-likeness (QED) is 0.854. The second-order valence-electron chi connectivity index (χ2n) is 3.12. The molecular weight excluding hydrogens is 238 g/mol. The molecule has 0 fully saturated rings. The molecule has 0 aliphatic heterocycles.